The zero-order valence-corrected chi connectivity index (χ0v) is 16.9. The van der Waals surface area contributed by atoms with E-state index in [1.54, 1.807) is 19.2 Å². The summed E-state index contributed by atoms with van der Waals surface area (Å²) in [6.07, 6.45) is 6.70. The zero-order valence-electron chi connectivity index (χ0n) is 15.3. The maximum atomic E-state index is 13.0. The molecule has 0 spiro atoms. The van der Waals surface area contributed by atoms with Gasteiger partial charge in [-0.3, -0.25) is 14.5 Å². The van der Waals surface area contributed by atoms with E-state index in [0.29, 0.717) is 23.4 Å². The zero-order chi connectivity index (χ0) is 18.7. The average molecular weight is 418 g/mol. The van der Waals surface area contributed by atoms with Gasteiger partial charge in [-0.25, -0.2) is 0 Å². The van der Waals surface area contributed by atoms with Gasteiger partial charge < -0.3 is 4.74 Å². The number of imide groups is 1. The molecule has 138 valence electrons. The number of unbranched alkanes of at least 4 members (excludes halogenated alkanes) is 5. The second-order valence-electron chi connectivity index (χ2n) is 6.70. The Hall–Kier alpha value is -1.88. The van der Waals surface area contributed by atoms with Gasteiger partial charge in [-0.05, 0) is 34.5 Å². The van der Waals surface area contributed by atoms with Crippen LogP contribution in [0.4, 0.5) is 0 Å². The minimum absolute atomic E-state index is 0.196. The van der Waals surface area contributed by atoms with Gasteiger partial charge in [0.1, 0.15) is 5.75 Å². The molecule has 0 fully saturated rings. The van der Waals surface area contributed by atoms with Crippen molar-refractivity contribution < 1.29 is 14.3 Å². The molecular weight excluding hydrogens is 394 g/mol. The van der Waals surface area contributed by atoms with Crippen molar-refractivity contribution in [2.24, 2.45) is 0 Å². The number of halogens is 1. The molecule has 4 nitrogen and oxygen atoms in total. The molecule has 2 aromatic rings. The van der Waals surface area contributed by atoms with Gasteiger partial charge in [0.2, 0.25) is 0 Å². The predicted octanol–water partition coefficient (Wildman–Crippen LogP) is 5.57. The summed E-state index contributed by atoms with van der Waals surface area (Å²) < 4.78 is 6.17. The van der Waals surface area contributed by atoms with Crippen molar-refractivity contribution in [3.63, 3.8) is 0 Å². The lowest BCUT2D eigenvalue weighted by atomic mass is 9.93. The highest BCUT2D eigenvalue weighted by atomic mass is 79.9. The van der Waals surface area contributed by atoms with Gasteiger partial charge in [-0.15, -0.1) is 0 Å². The van der Waals surface area contributed by atoms with E-state index in [-0.39, 0.29) is 11.8 Å². The Bertz CT molecular complexity index is 847. The highest BCUT2D eigenvalue weighted by Gasteiger charge is 2.33. The second kappa shape index (κ2) is 8.21. The topological polar surface area (TPSA) is 46.6 Å². The number of carbonyl (C=O) groups is 2. The van der Waals surface area contributed by atoms with Crippen LogP contribution in [0.1, 0.15) is 66.2 Å². The lowest BCUT2D eigenvalue weighted by molar-refractivity contribution is 0.0607. The van der Waals surface area contributed by atoms with E-state index >= 15 is 0 Å². The fourth-order valence-corrected chi connectivity index (χ4v) is 4.16. The van der Waals surface area contributed by atoms with Crippen LogP contribution in [0.2, 0.25) is 0 Å². The maximum absolute atomic E-state index is 13.0. The minimum Gasteiger partial charge on any atom is -0.496 e. The summed E-state index contributed by atoms with van der Waals surface area (Å²) in [6.45, 7) is 2.66. The van der Waals surface area contributed by atoms with E-state index in [1.807, 2.05) is 12.1 Å². The molecule has 0 atom stereocenters. The molecule has 0 saturated carbocycles. The SMILES string of the molecule is CCCCCCCCN1C(=O)c2cccc3c(Br)c(OC)cc(c23)C1=O. The van der Waals surface area contributed by atoms with E-state index in [2.05, 4.69) is 22.9 Å². The molecule has 0 saturated heterocycles. The molecule has 0 N–H and O–H groups in total. The first kappa shape index (κ1) is 18.9. The normalized spacial score (nSPS) is 13.6. The van der Waals surface area contributed by atoms with E-state index in [4.69, 9.17) is 4.74 Å². The number of hydrogen-bond acceptors (Lipinski definition) is 3. The fraction of sp³-hybridized carbons (Fsp3) is 0.429. The highest BCUT2D eigenvalue weighted by molar-refractivity contribution is 9.10. The van der Waals surface area contributed by atoms with Crippen LogP contribution in [-0.2, 0) is 0 Å². The number of amides is 2. The molecule has 1 aliphatic rings. The van der Waals surface area contributed by atoms with Crippen LogP contribution in [0, 0.1) is 0 Å². The predicted molar refractivity (Wildman–Crippen MR) is 107 cm³/mol. The third-order valence-corrected chi connectivity index (χ3v) is 5.79. The molecule has 0 aromatic heterocycles. The maximum Gasteiger partial charge on any atom is 0.261 e. The van der Waals surface area contributed by atoms with Crippen molar-refractivity contribution >= 4 is 38.5 Å². The van der Waals surface area contributed by atoms with Crippen molar-refractivity contribution in [3.05, 3.63) is 39.9 Å². The molecule has 0 unspecified atom stereocenters. The number of benzene rings is 2. The first-order chi connectivity index (χ1) is 12.6. The largest absolute Gasteiger partial charge is 0.496 e. The van der Waals surface area contributed by atoms with Crippen LogP contribution in [0.3, 0.4) is 0 Å². The Kier molecular flexibility index (Phi) is 5.97. The van der Waals surface area contributed by atoms with E-state index in [9.17, 15) is 9.59 Å². The van der Waals surface area contributed by atoms with Crippen molar-refractivity contribution in [2.45, 2.75) is 45.4 Å². The molecule has 0 radical (unpaired) electrons. The molecule has 2 amide bonds. The van der Waals surface area contributed by atoms with Crippen LogP contribution in [-0.4, -0.2) is 30.4 Å². The molecule has 0 bridgehead atoms. The summed E-state index contributed by atoms with van der Waals surface area (Å²) in [5.74, 6) is 0.184. The van der Waals surface area contributed by atoms with Crippen LogP contribution < -0.4 is 4.74 Å². The Labute approximate surface area is 162 Å². The number of nitrogens with zero attached hydrogens (tertiary/aromatic N) is 1. The quantitative estimate of drug-likeness (QED) is 0.416. The summed E-state index contributed by atoms with van der Waals surface area (Å²) >= 11 is 3.53. The molecule has 3 rings (SSSR count). The molecule has 0 aliphatic carbocycles. The van der Waals surface area contributed by atoms with Gasteiger partial charge >= 0.3 is 0 Å². The number of carbonyl (C=O) groups excluding carboxylic acids is 2. The molecule has 1 aliphatic heterocycles. The Morgan fingerprint density at radius 1 is 1.00 bits per heavy atom. The summed E-state index contributed by atoms with van der Waals surface area (Å²) in [4.78, 5) is 27.3. The van der Waals surface area contributed by atoms with Gasteiger partial charge in [0.05, 0.1) is 17.1 Å². The number of methoxy groups -OCH3 is 1. The number of rotatable bonds is 8. The van der Waals surface area contributed by atoms with Gasteiger partial charge in [-0.1, -0.05) is 51.2 Å². The fourth-order valence-electron chi connectivity index (χ4n) is 3.56. The minimum atomic E-state index is -0.224. The molecule has 5 heteroatoms. The van der Waals surface area contributed by atoms with Crippen LogP contribution in [0.25, 0.3) is 10.8 Å². The van der Waals surface area contributed by atoms with Crippen molar-refractivity contribution in [3.8, 4) is 5.75 Å². The van der Waals surface area contributed by atoms with Crippen LogP contribution in [0.15, 0.2) is 28.7 Å². The van der Waals surface area contributed by atoms with Gasteiger partial charge in [0.15, 0.2) is 0 Å². The Balaban J connectivity index is 1.88. The van der Waals surface area contributed by atoms with Gasteiger partial charge in [0.25, 0.3) is 11.8 Å². The summed E-state index contributed by atoms with van der Waals surface area (Å²) in [7, 11) is 1.58. The van der Waals surface area contributed by atoms with E-state index < -0.39 is 0 Å². The van der Waals surface area contributed by atoms with E-state index in [0.717, 1.165) is 34.5 Å². The van der Waals surface area contributed by atoms with Crippen LogP contribution in [0.5, 0.6) is 5.75 Å². The third kappa shape index (κ3) is 3.37. The smallest absolute Gasteiger partial charge is 0.261 e. The van der Waals surface area contributed by atoms with E-state index in [1.165, 1.54) is 24.2 Å². The standard InChI is InChI=1S/C21H24BrNO3/c1-3-4-5-6-7-8-12-23-20(24)15-11-9-10-14-18(15)16(21(23)25)13-17(26-2)19(14)22/h9-11,13H,3-8,12H2,1-2H3. The Morgan fingerprint density at radius 3 is 2.42 bits per heavy atom. The first-order valence-electron chi connectivity index (χ1n) is 9.25. The Morgan fingerprint density at radius 2 is 1.69 bits per heavy atom. The summed E-state index contributed by atoms with van der Waals surface area (Å²) in [5, 5.41) is 1.55. The first-order valence-corrected chi connectivity index (χ1v) is 10.0. The van der Waals surface area contributed by atoms with Gasteiger partial charge in [-0.2, -0.15) is 0 Å². The molecular formula is C21H24BrNO3. The van der Waals surface area contributed by atoms with Crippen molar-refractivity contribution in [2.75, 3.05) is 13.7 Å². The summed E-state index contributed by atoms with van der Waals surface area (Å²) in [6, 6.07) is 7.29. The molecule has 1 heterocycles. The van der Waals surface area contributed by atoms with Gasteiger partial charge in [0, 0.05) is 22.9 Å². The second-order valence-corrected chi connectivity index (χ2v) is 7.49. The highest BCUT2D eigenvalue weighted by Crippen LogP contribution is 2.40. The third-order valence-electron chi connectivity index (χ3n) is 4.97. The monoisotopic (exact) mass is 417 g/mol. The lowest BCUT2D eigenvalue weighted by Crippen LogP contribution is -2.40. The molecule has 26 heavy (non-hydrogen) atoms. The van der Waals surface area contributed by atoms with Crippen molar-refractivity contribution in [1.82, 2.24) is 4.90 Å². The summed E-state index contributed by atoms with van der Waals surface area (Å²) in [5.41, 5.74) is 1.13. The number of ether oxygens (including phenoxy) is 1. The van der Waals surface area contributed by atoms with Crippen LogP contribution >= 0.6 is 15.9 Å². The van der Waals surface area contributed by atoms with Crippen molar-refractivity contribution in [1.29, 1.82) is 0 Å². The lowest BCUT2D eigenvalue weighted by Gasteiger charge is -2.28. The molecule has 2 aromatic carbocycles. The number of hydrogen-bond donors (Lipinski definition) is 0. The average Bonchev–Trinajstić information content (AvgIpc) is 2.66.